The van der Waals surface area contributed by atoms with E-state index in [0.717, 1.165) is 10.9 Å². The van der Waals surface area contributed by atoms with Crippen molar-refractivity contribution in [2.75, 3.05) is 13.7 Å². The number of methoxy groups -OCH3 is 1. The molecule has 1 aromatic heterocycles. The fourth-order valence-corrected chi connectivity index (χ4v) is 2.40. The third-order valence-corrected chi connectivity index (χ3v) is 3.41. The van der Waals surface area contributed by atoms with Crippen LogP contribution in [0.25, 0.3) is 10.9 Å². The lowest BCUT2D eigenvalue weighted by molar-refractivity contribution is -0.119. The third-order valence-electron chi connectivity index (χ3n) is 3.41. The van der Waals surface area contributed by atoms with Gasteiger partial charge >= 0.3 is 5.97 Å². The van der Waals surface area contributed by atoms with E-state index >= 15 is 0 Å². The van der Waals surface area contributed by atoms with Gasteiger partial charge in [-0.1, -0.05) is 6.92 Å². The van der Waals surface area contributed by atoms with Gasteiger partial charge in [0, 0.05) is 30.3 Å². The van der Waals surface area contributed by atoms with E-state index in [1.54, 1.807) is 25.3 Å². The molecule has 6 heteroatoms. The number of H-pyrrole nitrogens is 1. The zero-order chi connectivity index (χ0) is 15.6. The number of carbonyl (C=O) groups is 2. The van der Waals surface area contributed by atoms with E-state index in [9.17, 15) is 14.7 Å². The van der Waals surface area contributed by atoms with Crippen molar-refractivity contribution in [2.24, 2.45) is 0 Å². The topological polar surface area (TPSA) is 91.4 Å². The lowest BCUT2D eigenvalue weighted by Crippen LogP contribution is -2.25. The summed E-state index contributed by atoms with van der Waals surface area (Å²) < 4.78 is 5.19. The maximum atomic E-state index is 11.4. The van der Waals surface area contributed by atoms with Gasteiger partial charge in [0.1, 0.15) is 11.4 Å². The fourth-order valence-electron chi connectivity index (χ4n) is 2.40. The minimum atomic E-state index is -1.02. The third kappa shape index (κ3) is 2.99. The SMILES string of the molecule is COc1ccc2[nH]c(C(=O)O)c(C(C)CNC(C)=O)c2c1. The normalized spacial score (nSPS) is 12.1. The van der Waals surface area contributed by atoms with Crippen molar-refractivity contribution in [3.63, 3.8) is 0 Å². The van der Waals surface area contributed by atoms with Gasteiger partial charge in [0.2, 0.25) is 5.91 Å². The molecule has 1 aromatic carbocycles. The Labute approximate surface area is 122 Å². The standard InChI is InChI=1S/C15H18N2O4/c1-8(7-16-9(2)18)13-11-6-10(21-3)4-5-12(11)17-14(13)15(19)20/h4-6,8,17H,7H2,1-3H3,(H,16,18)(H,19,20). The van der Waals surface area contributed by atoms with Crippen molar-refractivity contribution in [3.05, 3.63) is 29.5 Å². The summed E-state index contributed by atoms with van der Waals surface area (Å²) in [6, 6.07) is 5.36. The number of hydrogen-bond donors (Lipinski definition) is 3. The first kappa shape index (κ1) is 14.9. The van der Waals surface area contributed by atoms with Crippen LogP contribution in [-0.4, -0.2) is 35.6 Å². The summed E-state index contributed by atoms with van der Waals surface area (Å²) in [5.74, 6) is -0.640. The van der Waals surface area contributed by atoms with Crippen LogP contribution < -0.4 is 10.1 Å². The van der Waals surface area contributed by atoms with Crippen LogP contribution in [0.1, 0.15) is 35.8 Å². The van der Waals surface area contributed by atoms with Crippen molar-refractivity contribution in [1.82, 2.24) is 10.3 Å². The van der Waals surface area contributed by atoms with E-state index in [-0.39, 0.29) is 17.5 Å². The molecule has 0 aliphatic carbocycles. The summed E-state index contributed by atoms with van der Waals surface area (Å²) in [5, 5.41) is 12.9. The summed E-state index contributed by atoms with van der Waals surface area (Å²) in [4.78, 5) is 25.4. The first-order valence-corrected chi connectivity index (χ1v) is 6.61. The first-order valence-electron chi connectivity index (χ1n) is 6.61. The maximum Gasteiger partial charge on any atom is 0.352 e. The molecule has 2 aromatic rings. The monoisotopic (exact) mass is 290 g/mol. The van der Waals surface area contributed by atoms with Crippen molar-refractivity contribution in [1.29, 1.82) is 0 Å². The molecule has 2 rings (SSSR count). The number of benzene rings is 1. The molecule has 1 atom stereocenters. The molecule has 1 amide bonds. The number of rotatable bonds is 5. The van der Waals surface area contributed by atoms with E-state index in [0.29, 0.717) is 17.9 Å². The smallest absolute Gasteiger partial charge is 0.352 e. The second-order valence-corrected chi connectivity index (χ2v) is 4.97. The molecule has 0 spiro atoms. The molecule has 0 radical (unpaired) electrons. The van der Waals surface area contributed by atoms with Gasteiger partial charge in [-0.3, -0.25) is 4.79 Å². The fraction of sp³-hybridized carbons (Fsp3) is 0.333. The highest BCUT2D eigenvalue weighted by Gasteiger charge is 2.22. The molecule has 112 valence electrons. The van der Waals surface area contributed by atoms with Gasteiger partial charge in [-0.05, 0) is 23.8 Å². The van der Waals surface area contributed by atoms with Gasteiger partial charge in [0.05, 0.1) is 7.11 Å². The minimum Gasteiger partial charge on any atom is -0.497 e. The largest absolute Gasteiger partial charge is 0.497 e. The highest BCUT2D eigenvalue weighted by Crippen LogP contribution is 2.31. The van der Waals surface area contributed by atoms with Gasteiger partial charge in [-0.15, -0.1) is 0 Å². The number of aromatic nitrogens is 1. The van der Waals surface area contributed by atoms with Crippen molar-refractivity contribution >= 4 is 22.8 Å². The Balaban J connectivity index is 2.53. The Morgan fingerprint density at radius 3 is 2.71 bits per heavy atom. The summed E-state index contributed by atoms with van der Waals surface area (Å²) in [6.45, 7) is 3.69. The number of carboxylic acids is 1. The molecule has 3 N–H and O–H groups in total. The highest BCUT2D eigenvalue weighted by molar-refractivity contribution is 5.98. The summed E-state index contributed by atoms with van der Waals surface area (Å²) in [6.07, 6.45) is 0. The van der Waals surface area contributed by atoms with Crippen LogP contribution in [-0.2, 0) is 4.79 Å². The number of nitrogens with one attached hydrogen (secondary N) is 2. The molecule has 0 aliphatic heterocycles. The zero-order valence-electron chi connectivity index (χ0n) is 12.2. The quantitative estimate of drug-likeness (QED) is 0.786. The second kappa shape index (κ2) is 5.87. The Kier molecular flexibility index (Phi) is 4.16. The molecular weight excluding hydrogens is 272 g/mol. The number of aromatic amines is 1. The van der Waals surface area contributed by atoms with Crippen LogP contribution in [0.4, 0.5) is 0 Å². The Morgan fingerprint density at radius 2 is 2.14 bits per heavy atom. The molecule has 0 aliphatic rings. The molecule has 6 nitrogen and oxygen atoms in total. The number of aromatic carboxylic acids is 1. The van der Waals surface area contributed by atoms with E-state index in [4.69, 9.17) is 4.74 Å². The molecular formula is C15H18N2O4. The average molecular weight is 290 g/mol. The number of carboxylic acid groups (broad SMARTS) is 1. The Morgan fingerprint density at radius 1 is 1.43 bits per heavy atom. The number of hydrogen-bond acceptors (Lipinski definition) is 3. The predicted octanol–water partition coefficient (Wildman–Crippen LogP) is 2.11. The summed E-state index contributed by atoms with van der Waals surface area (Å²) in [5.41, 5.74) is 1.55. The predicted molar refractivity (Wildman–Crippen MR) is 78.9 cm³/mol. The minimum absolute atomic E-state index is 0.138. The van der Waals surface area contributed by atoms with Crippen LogP contribution in [0.5, 0.6) is 5.75 Å². The van der Waals surface area contributed by atoms with Crippen molar-refractivity contribution in [2.45, 2.75) is 19.8 Å². The van der Waals surface area contributed by atoms with E-state index in [1.165, 1.54) is 6.92 Å². The molecule has 21 heavy (non-hydrogen) atoms. The van der Waals surface area contributed by atoms with Crippen LogP contribution in [0, 0.1) is 0 Å². The Bertz CT molecular complexity index is 690. The van der Waals surface area contributed by atoms with Crippen LogP contribution in [0.15, 0.2) is 18.2 Å². The lowest BCUT2D eigenvalue weighted by Gasteiger charge is -2.13. The van der Waals surface area contributed by atoms with Crippen LogP contribution >= 0.6 is 0 Å². The lowest BCUT2D eigenvalue weighted by atomic mass is 9.97. The average Bonchev–Trinajstić information content (AvgIpc) is 2.83. The van der Waals surface area contributed by atoms with Gasteiger partial charge in [0.15, 0.2) is 0 Å². The van der Waals surface area contributed by atoms with E-state index in [2.05, 4.69) is 10.3 Å². The zero-order valence-corrected chi connectivity index (χ0v) is 12.2. The highest BCUT2D eigenvalue weighted by atomic mass is 16.5. The number of amides is 1. The second-order valence-electron chi connectivity index (χ2n) is 4.97. The molecule has 1 heterocycles. The molecule has 0 bridgehead atoms. The number of carbonyl (C=O) groups excluding carboxylic acids is 1. The molecule has 1 unspecified atom stereocenters. The van der Waals surface area contributed by atoms with Crippen molar-refractivity contribution < 1.29 is 19.4 Å². The van der Waals surface area contributed by atoms with Crippen molar-refractivity contribution in [3.8, 4) is 5.75 Å². The van der Waals surface area contributed by atoms with Gasteiger partial charge in [0.25, 0.3) is 0 Å². The van der Waals surface area contributed by atoms with Crippen LogP contribution in [0.2, 0.25) is 0 Å². The summed E-state index contributed by atoms with van der Waals surface area (Å²) in [7, 11) is 1.56. The first-order chi connectivity index (χ1) is 9.93. The van der Waals surface area contributed by atoms with Gasteiger partial charge in [-0.2, -0.15) is 0 Å². The maximum absolute atomic E-state index is 11.4. The molecule has 0 saturated carbocycles. The summed E-state index contributed by atoms with van der Waals surface area (Å²) >= 11 is 0. The Hall–Kier alpha value is -2.50. The number of fused-ring (bicyclic) bond motifs is 1. The van der Waals surface area contributed by atoms with E-state index in [1.807, 2.05) is 6.92 Å². The van der Waals surface area contributed by atoms with Gasteiger partial charge in [-0.25, -0.2) is 4.79 Å². The molecule has 0 saturated heterocycles. The molecule has 0 fully saturated rings. The van der Waals surface area contributed by atoms with E-state index < -0.39 is 5.97 Å². The van der Waals surface area contributed by atoms with Gasteiger partial charge < -0.3 is 20.1 Å². The van der Waals surface area contributed by atoms with Crippen LogP contribution in [0.3, 0.4) is 0 Å². The number of ether oxygens (including phenoxy) is 1.